The molecule has 1 aromatic rings. The smallest absolute Gasteiger partial charge is 0.123 e. The van der Waals surface area contributed by atoms with Crippen LogP contribution in [0.25, 0.3) is 0 Å². The first kappa shape index (κ1) is 14.4. The summed E-state index contributed by atoms with van der Waals surface area (Å²) >= 11 is 0. The maximum absolute atomic E-state index is 6.17. The van der Waals surface area contributed by atoms with Crippen molar-refractivity contribution in [1.82, 2.24) is 5.32 Å². The van der Waals surface area contributed by atoms with Gasteiger partial charge >= 0.3 is 0 Å². The molecular formula is C17H27NO. The van der Waals surface area contributed by atoms with E-state index in [1.165, 1.54) is 12.0 Å². The van der Waals surface area contributed by atoms with Crippen LogP contribution >= 0.6 is 0 Å². The van der Waals surface area contributed by atoms with Crippen molar-refractivity contribution in [1.29, 1.82) is 0 Å². The average Bonchev–Trinajstić information content (AvgIpc) is 2.40. The molecule has 2 rings (SSSR count). The highest BCUT2D eigenvalue weighted by Gasteiger charge is 2.30. The number of hydrogen-bond acceptors (Lipinski definition) is 2. The van der Waals surface area contributed by atoms with E-state index in [4.69, 9.17) is 4.74 Å². The molecule has 1 N–H and O–H groups in total. The molecule has 0 heterocycles. The van der Waals surface area contributed by atoms with Crippen LogP contribution in [0.4, 0.5) is 0 Å². The van der Waals surface area contributed by atoms with Gasteiger partial charge in [-0.05, 0) is 49.8 Å². The number of hydrogen-bond donors (Lipinski definition) is 1. The van der Waals surface area contributed by atoms with Crippen LogP contribution in [-0.4, -0.2) is 18.7 Å². The summed E-state index contributed by atoms with van der Waals surface area (Å²) in [6, 6.07) is 9.18. The van der Waals surface area contributed by atoms with Crippen LogP contribution in [-0.2, 0) is 0 Å². The molecule has 0 amide bonds. The predicted molar refractivity (Wildman–Crippen MR) is 80.9 cm³/mol. The monoisotopic (exact) mass is 261 g/mol. The second-order valence-electron chi connectivity index (χ2n) is 5.71. The molecule has 0 bridgehead atoms. The Morgan fingerprint density at radius 2 is 2.00 bits per heavy atom. The second-order valence-corrected chi connectivity index (χ2v) is 5.71. The minimum Gasteiger partial charge on any atom is -0.490 e. The van der Waals surface area contributed by atoms with Crippen molar-refractivity contribution in [3.05, 3.63) is 29.8 Å². The first-order chi connectivity index (χ1) is 9.24. The molecule has 0 aromatic heterocycles. The number of benzene rings is 1. The zero-order valence-corrected chi connectivity index (χ0v) is 12.5. The Bertz CT molecular complexity index is 385. The molecule has 0 radical (unpaired) electrons. The van der Waals surface area contributed by atoms with Crippen LogP contribution in [0.1, 0.15) is 57.9 Å². The lowest BCUT2D eigenvalue weighted by Gasteiger charge is -2.36. The molecule has 0 spiro atoms. The Kier molecular flexibility index (Phi) is 5.26. The van der Waals surface area contributed by atoms with Crippen molar-refractivity contribution in [2.75, 3.05) is 6.54 Å². The molecule has 0 aliphatic heterocycles. The zero-order chi connectivity index (χ0) is 13.7. The van der Waals surface area contributed by atoms with Gasteiger partial charge in [0.1, 0.15) is 11.9 Å². The lowest BCUT2D eigenvalue weighted by molar-refractivity contribution is 0.0839. The van der Waals surface area contributed by atoms with Crippen molar-refractivity contribution < 1.29 is 4.74 Å². The molecule has 1 aromatic carbocycles. The highest BCUT2D eigenvalue weighted by atomic mass is 16.5. The lowest BCUT2D eigenvalue weighted by atomic mass is 9.89. The molecule has 1 saturated carbocycles. The number of rotatable bonds is 7. The second kappa shape index (κ2) is 6.95. The lowest BCUT2D eigenvalue weighted by Crippen LogP contribution is -2.47. The average molecular weight is 261 g/mol. The third-order valence-corrected chi connectivity index (χ3v) is 4.13. The van der Waals surface area contributed by atoms with Crippen LogP contribution in [0, 0.1) is 0 Å². The van der Waals surface area contributed by atoms with Crippen molar-refractivity contribution in [3.8, 4) is 5.75 Å². The Balaban J connectivity index is 1.87. The Labute approximate surface area is 117 Å². The zero-order valence-electron chi connectivity index (χ0n) is 12.5. The van der Waals surface area contributed by atoms with Gasteiger partial charge < -0.3 is 10.1 Å². The molecule has 0 saturated heterocycles. The van der Waals surface area contributed by atoms with Crippen molar-refractivity contribution in [3.63, 3.8) is 0 Å². The fourth-order valence-corrected chi connectivity index (χ4v) is 2.57. The van der Waals surface area contributed by atoms with Gasteiger partial charge in [0.2, 0.25) is 0 Å². The van der Waals surface area contributed by atoms with Crippen LogP contribution < -0.4 is 10.1 Å². The van der Waals surface area contributed by atoms with E-state index in [1.54, 1.807) is 0 Å². The highest BCUT2D eigenvalue weighted by Crippen LogP contribution is 2.32. The molecule has 1 atom stereocenters. The maximum atomic E-state index is 6.17. The summed E-state index contributed by atoms with van der Waals surface area (Å²) in [6.45, 7) is 7.84. The maximum Gasteiger partial charge on any atom is 0.123 e. The van der Waals surface area contributed by atoms with Gasteiger partial charge in [0.15, 0.2) is 0 Å². The number of para-hydroxylation sites is 1. The predicted octanol–water partition coefficient (Wildman–Crippen LogP) is 4.11. The van der Waals surface area contributed by atoms with Gasteiger partial charge in [-0.25, -0.2) is 0 Å². The van der Waals surface area contributed by atoms with Gasteiger partial charge in [0, 0.05) is 6.04 Å². The first-order valence-electron chi connectivity index (χ1n) is 7.73. The van der Waals surface area contributed by atoms with Gasteiger partial charge in [-0.1, -0.05) is 39.0 Å². The molecule has 1 unspecified atom stereocenters. The van der Waals surface area contributed by atoms with E-state index in [9.17, 15) is 0 Å². The van der Waals surface area contributed by atoms with E-state index in [0.29, 0.717) is 18.1 Å². The Morgan fingerprint density at radius 1 is 1.26 bits per heavy atom. The summed E-state index contributed by atoms with van der Waals surface area (Å²) in [4.78, 5) is 0. The molecule has 19 heavy (non-hydrogen) atoms. The van der Waals surface area contributed by atoms with E-state index in [-0.39, 0.29) is 0 Å². The largest absolute Gasteiger partial charge is 0.490 e. The quantitative estimate of drug-likeness (QED) is 0.797. The van der Waals surface area contributed by atoms with E-state index in [2.05, 4.69) is 50.4 Å². The summed E-state index contributed by atoms with van der Waals surface area (Å²) in [5, 5.41) is 3.55. The van der Waals surface area contributed by atoms with Crippen LogP contribution in [0.15, 0.2) is 24.3 Å². The molecule has 2 heteroatoms. The third-order valence-electron chi connectivity index (χ3n) is 4.13. The summed E-state index contributed by atoms with van der Waals surface area (Å²) in [6.07, 6.45) is 5.06. The van der Waals surface area contributed by atoms with Crippen molar-refractivity contribution in [2.45, 2.75) is 64.5 Å². The molecule has 1 fully saturated rings. The van der Waals surface area contributed by atoms with Gasteiger partial charge in [-0.15, -0.1) is 0 Å². The number of ether oxygens (including phenoxy) is 1. The van der Waals surface area contributed by atoms with Crippen LogP contribution in [0.5, 0.6) is 5.75 Å². The minimum atomic E-state index is 0.402. The Hall–Kier alpha value is -1.02. The van der Waals surface area contributed by atoms with Crippen molar-refractivity contribution in [2.24, 2.45) is 0 Å². The fourth-order valence-electron chi connectivity index (χ4n) is 2.57. The summed E-state index contributed by atoms with van der Waals surface area (Å²) in [7, 11) is 0. The fraction of sp³-hybridized carbons (Fsp3) is 0.647. The Morgan fingerprint density at radius 3 is 2.68 bits per heavy atom. The highest BCUT2D eigenvalue weighted by molar-refractivity contribution is 5.36. The van der Waals surface area contributed by atoms with Gasteiger partial charge in [0.25, 0.3) is 0 Å². The van der Waals surface area contributed by atoms with Crippen LogP contribution in [0.3, 0.4) is 0 Å². The van der Waals surface area contributed by atoms with Gasteiger partial charge in [-0.2, -0.15) is 0 Å². The topological polar surface area (TPSA) is 21.3 Å². The van der Waals surface area contributed by atoms with E-state index >= 15 is 0 Å². The SMILES string of the molecule is CCCNC1CC(Oc2ccccc2C(C)CC)C1. The van der Waals surface area contributed by atoms with Crippen LogP contribution in [0.2, 0.25) is 0 Å². The molecule has 2 nitrogen and oxygen atoms in total. The minimum absolute atomic E-state index is 0.402. The number of nitrogens with one attached hydrogen (secondary N) is 1. The van der Waals surface area contributed by atoms with Gasteiger partial charge in [-0.3, -0.25) is 0 Å². The summed E-state index contributed by atoms with van der Waals surface area (Å²) in [5.74, 6) is 1.67. The summed E-state index contributed by atoms with van der Waals surface area (Å²) in [5.41, 5.74) is 1.36. The van der Waals surface area contributed by atoms with Gasteiger partial charge in [0.05, 0.1) is 0 Å². The van der Waals surface area contributed by atoms with E-state index < -0.39 is 0 Å². The first-order valence-corrected chi connectivity index (χ1v) is 7.73. The van der Waals surface area contributed by atoms with E-state index in [0.717, 1.165) is 31.6 Å². The molecule has 106 valence electrons. The molecule has 1 aliphatic carbocycles. The molecule has 1 aliphatic rings. The molecular weight excluding hydrogens is 234 g/mol. The normalized spacial score (nSPS) is 23.7. The van der Waals surface area contributed by atoms with E-state index in [1.807, 2.05) is 0 Å². The third kappa shape index (κ3) is 3.73. The van der Waals surface area contributed by atoms with Crippen molar-refractivity contribution >= 4 is 0 Å². The standard InChI is InChI=1S/C17H27NO/c1-4-10-18-14-11-15(12-14)19-17-9-7-6-8-16(17)13(3)5-2/h6-9,13-15,18H,4-5,10-12H2,1-3H3. The summed E-state index contributed by atoms with van der Waals surface area (Å²) < 4.78 is 6.17.